The molecule has 2 unspecified atom stereocenters. The van der Waals surface area contributed by atoms with Gasteiger partial charge in [0.15, 0.2) is 11.6 Å². The largest absolute Gasteiger partial charge is 0.490 e. The highest BCUT2D eigenvalue weighted by Crippen LogP contribution is 2.35. The molecule has 1 saturated heterocycles. The molecule has 5 nitrogen and oxygen atoms in total. The maximum Gasteiger partial charge on any atom is 0.214 e. The maximum absolute atomic E-state index is 14.0. The number of carbonyl (C=O) groups excluding carboxylic acids is 1. The summed E-state index contributed by atoms with van der Waals surface area (Å²) < 4.78 is 46.2. The van der Waals surface area contributed by atoms with E-state index >= 15 is 0 Å². The zero-order valence-electron chi connectivity index (χ0n) is 15.1. The smallest absolute Gasteiger partial charge is 0.214 e. The molecule has 3 rings (SSSR count). The molecule has 7 heteroatoms. The Morgan fingerprint density at radius 2 is 2.12 bits per heavy atom. The fraction of sp³-hybridized carbons (Fsp3) is 0.632. The lowest BCUT2D eigenvalue weighted by atomic mass is 9.92. The van der Waals surface area contributed by atoms with Gasteiger partial charge >= 0.3 is 0 Å². The summed E-state index contributed by atoms with van der Waals surface area (Å²) in [7, 11) is -3.46. The summed E-state index contributed by atoms with van der Waals surface area (Å²) in [5, 5.41) is 0. The van der Waals surface area contributed by atoms with Crippen LogP contribution in [0.5, 0.6) is 5.75 Å². The van der Waals surface area contributed by atoms with Crippen molar-refractivity contribution in [2.24, 2.45) is 5.92 Å². The van der Waals surface area contributed by atoms with Gasteiger partial charge in [-0.15, -0.1) is 0 Å². The van der Waals surface area contributed by atoms with Gasteiger partial charge in [0.05, 0.1) is 12.4 Å². The quantitative estimate of drug-likeness (QED) is 0.615. The molecule has 1 aliphatic carbocycles. The standard InChI is InChI=1S/C19H26FNO4S/c1-14(18-4-2-9-21(18)26(23,24)11-3-10-22)16-7-8-17(20)19(12-16)25-13-15-5-6-15/h7-8,10,12,14-15,18H,2-6,9,11,13H2,1H3. The van der Waals surface area contributed by atoms with E-state index in [4.69, 9.17) is 4.74 Å². The fourth-order valence-corrected chi connectivity index (χ4v) is 5.29. The zero-order chi connectivity index (χ0) is 18.7. The van der Waals surface area contributed by atoms with Crippen LogP contribution in [0.2, 0.25) is 0 Å². The van der Waals surface area contributed by atoms with Gasteiger partial charge in [-0.25, -0.2) is 12.8 Å². The van der Waals surface area contributed by atoms with Crippen molar-refractivity contribution in [1.82, 2.24) is 4.31 Å². The summed E-state index contributed by atoms with van der Waals surface area (Å²) in [5.41, 5.74) is 0.875. The number of rotatable bonds is 9. The Bertz CT molecular complexity index is 748. The SMILES string of the molecule is CC(c1ccc(F)c(OCC2CC2)c1)C1CCCN1S(=O)(=O)CCC=O. The van der Waals surface area contributed by atoms with Gasteiger partial charge in [-0.2, -0.15) is 4.31 Å². The third-order valence-electron chi connectivity index (χ3n) is 5.33. The zero-order valence-corrected chi connectivity index (χ0v) is 15.9. The number of hydrogen-bond acceptors (Lipinski definition) is 4. The van der Waals surface area contributed by atoms with E-state index in [9.17, 15) is 17.6 Å². The van der Waals surface area contributed by atoms with Crippen molar-refractivity contribution < 1.29 is 22.3 Å². The molecule has 2 fully saturated rings. The molecule has 1 aliphatic heterocycles. The molecule has 0 N–H and O–H groups in total. The van der Waals surface area contributed by atoms with Crippen molar-refractivity contribution in [3.63, 3.8) is 0 Å². The summed E-state index contributed by atoms with van der Waals surface area (Å²) in [4.78, 5) is 10.6. The summed E-state index contributed by atoms with van der Waals surface area (Å²) in [6.07, 6.45) is 4.46. The van der Waals surface area contributed by atoms with Crippen LogP contribution in [0.3, 0.4) is 0 Å². The van der Waals surface area contributed by atoms with E-state index in [1.807, 2.05) is 6.92 Å². The van der Waals surface area contributed by atoms with Crippen LogP contribution in [0.1, 0.15) is 50.5 Å². The van der Waals surface area contributed by atoms with Crippen LogP contribution >= 0.6 is 0 Å². The highest BCUT2D eigenvalue weighted by molar-refractivity contribution is 7.89. The molecule has 0 radical (unpaired) electrons. The lowest BCUT2D eigenvalue weighted by Crippen LogP contribution is -2.39. The van der Waals surface area contributed by atoms with E-state index in [0.29, 0.717) is 25.4 Å². The maximum atomic E-state index is 14.0. The number of carbonyl (C=O) groups is 1. The molecular weight excluding hydrogens is 357 g/mol. The molecule has 0 amide bonds. The van der Waals surface area contributed by atoms with Crippen LogP contribution in [0.25, 0.3) is 0 Å². The molecule has 0 spiro atoms. The van der Waals surface area contributed by atoms with Gasteiger partial charge in [0.25, 0.3) is 0 Å². The highest BCUT2D eigenvalue weighted by atomic mass is 32.2. The first-order valence-electron chi connectivity index (χ1n) is 9.28. The molecule has 1 aromatic rings. The molecule has 2 atom stereocenters. The van der Waals surface area contributed by atoms with Gasteiger partial charge in [-0.3, -0.25) is 0 Å². The van der Waals surface area contributed by atoms with E-state index in [0.717, 1.165) is 31.2 Å². The van der Waals surface area contributed by atoms with E-state index in [-0.39, 0.29) is 35.7 Å². The number of hydrogen-bond donors (Lipinski definition) is 0. The lowest BCUT2D eigenvalue weighted by Gasteiger charge is -2.29. The van der Waals surface area contributed by atoms with Crippen LogP contribution < -0.4 is 4.74 Å². The Hall–Kier alpha value is -1.47. The van der Waals surface area contributed by atoms with Crippen molar-refractivity contribution in [2.75, 3.05) is 18.9 Å². The lowest BCUT2D eigenvalue weighted by molar-refractivity contribution is -0.107. The van der Waals surface area contributed by atoms with Crippen LogP contribution in [0.15, 0.2) is 18.2 Å². The van der Waals surface area contributed by atoms with Gasteiger partial charge in [0.1, 0.15) is 6.29 Å². The Morgan fingerprint density at radius 3 is 2.81 bits per heavy atom. The molecule has 26 heavy (non-hydrogen) atoms. The second-order valence-electron chi connectivity index (χ2n) is 7.32. The van der Waals surface area contributed by atoms with Crippen molar-refractivity contribution in [2.45, 2.75) is 51.0 Å². The monoisotopic (exact) mass is 383 g/mol. The van der Waals surface area contributed by atoms with Crippen LogP contribution in [-0.4, -0.2) is 44.0 Å². The van der Waals surface area contributed by atoms with Gasteiger partial charge in [0, 0.05) is 19.0 Å². The van der Waals surface area contributed by atoms with E-state index in [1.54, 1.807) is 12.1 Å². The summed E-state index contributed by atoms with van der Waals surface area (Å²) in [5.74, 6) is 0.160. The van der Waals surface area contributed by atoms with Crippen molar-refractivity contribution >= 4 is 16.3 Å². The predicted octanol–water partition coefficient (Wildman–Crippen LogP) is 3.10. The molecule has 1 heterocycles. The number of nitrogens with zero attached hydrogens (tertiary/aromatic N) is 1. The number of ether oxygens (including phenoxy) is 1. The normalized spacial score (nSPS) is 22.3. The predicted molar refractivity (Wildman–Crippen MR) is 97.2 cm³/mol. The van der Waals surface area contributed by atoms with Crippen molar-refractivity contribution in [3.8, 4) is 5.75 Å². The number of aldehydes is 1. The Morgan fingerprint density at radius 1 is 1.35 bits per heavy atom. The Labute approximate surface area is 154 Å². The van der Waals surface area contributed by atoms with Crippen LogP contribution in [-0.2, 0) is 14.8 Å². The van der Waals surface area contributed by atoms with E-state index in [2.05, 4.69) is 0 Å². The van der Waals surface area contributed by atoms with E-state index < -0.39 is 10.0 Å². The number of benzene rings is 1. The minimum atomic E-state index is -3.46. The first-order valence-corrected chi connectivity index (χ1v) is 10.9. The molecule has 1 aromatic carbocycles. The third kappa shape index (κ3) is 4.43. The number of halogens is 1. The van der Waals surface area contributed by atoms with Crippen molar-refractivity contribution in [3.05, 3.63) is 29.6 Å². The van der Waals surface area contributed by atoms with Gasteiger partial charge in [0.2, 0.25) is 10.0 Å². The average Bonchev–Trinajstić information content (AvgIpc) is 3.31. The molecule has 0 aromatic heterocycles. The van der Waals surface area contributed by atoms with Crippen molar-refractivity contribution in [1.29, 1.82) is 0 Å². The summed E-state index contributed by atoms with van der Waals surface area (Å²) in [6, 6.07) is 4.64. The molecule has 0 bridgehead atoms. The Kier molecular flexibility index (Phi) is 5.97. The minimum Gasteiger partial charge on any atom is -0.490 e. The second-order valence-corrected chi connectivity index (χ2v) is 9.37. The van der Waals surface area contributed by atoms with E-state index in [1.165, 1.54) is 10.4 Å². The fourth-order valence-electron chi connectivity index (χ4n) is 3.55. The first-order chi connectivity index (χ1) is 12.4. The summed E-state index contributed by atoms with van der Waals surface area (Å²) >= 11 is 0. The Balaban J connectivity index is 1.75. The van der Waals surface area contributed by atoms with Crippen LogP contribution in [0.4, 0.5) is 4.39 Å². The van der Waals surface area contributed by atoms with Gasteiger partial charge in [-0.05, 0) is 55.2 Å². The minimum absolute atomic E-state index is 0.00956. The first kappa shape index (κ1) is 19.3. The highest BCUT2D eigenvalue weighted by Gasteiger charge is 2.37. The topological polar surface area (TPSA) is 63.7 Å². The molecule has 144 valence electrons. The average molecular weight is 383 g/mol. The summed E-state index contributed by atoms with van der Waals surface area (Å²) in [6.45, 7) is 2.98. The molecule has 2 aliphatic rings. The molecule has 1 saturated carbocycles. The van der Waals surface area contributed by atoms with Gasteiger partial charge < -0.3 is 9.53 Å². The third-order valence-corrected chi connectivity index (χ3v) is 7.25. The molecular formula is C19H26FNO4S. The number of sulfonamides is 1. The second kappa shape index (κ2) is 8.05. The van der Waals surface area contributed by atoms with Crippen LogP contribution in [0, 0.1) is 11.7 Å². The van der Waals surface area contributed by atoms with Gasteiger partial charge in [-0.1, -0.05) is 13.0 Å².